The van der Waals surface area contributed by atoms with Gasteiger partial charge in [0.1, 0.15) is 0 Å². The highest BCUT2D eigenvalue weighted by Gasteiger charge is 2.67. The summed E-state index contributed by atoms with van der Waals surface area (Å²) in [5.74, 6) is -0.130. The summed E-state index contributed by atoms with van der Waals surface area (Å²) >= 11 is 0. The third-order valence-corrected chi connectivity index (χ3v) is 6.81. The number of carbonyl (C=O) groups excluding carboxylic acids is 1. The van der Waals surface area contributed by atoms with Gasteiger partial charge in [-0.3, -0.25) is 4.79 Å². The van der Waals surface area contributed by atoms with Crippen LogP contribution in [0, 0.1) is 5.41 Å². The van der Waals surface area contributed by atoms with E-state index in [9.17, 15) is 18.0 Å². The van der Waals surface area contributed by atoms with Gasteiger partial charge in [-0.05, 0) is 60.4 Å². The second kappa shape index (κ2) is 6.33. The third kappa shape index (κ3) is 2.99. The van der Waals surface area contributed by atoms with Crippen LogP contribution in [0.4, 0.5) is 13.2 Å². The third-order valence-electron chi connectivity index (χ3n) is 6.81. The van der Waals surface area contributed by atoms with Crippen molar-refractivity contribution in [2.24, 2.45) is 5.41 Å². The van der Waals surface area contributed by atoms with Crippen molar-refractivity contribution in [1.29, 1.82) is 0 Å². The Morgan fingerprint density at radius 1 is 1.17 bits per heavy atom. The Balaban J connectivity index is 1.40. The van der Waals surface area contributed by atoms with Crippen LogP contribution < -0.4 is 5.32 Å². The maximum atomic E-state index is 13.0. The van der Waals surface area contributed by atoms with Crippen molar-refractivity contribution in [2.75, 3.05) is 0 Å². The van der Waals surface area contributed by atoms with Crippen molar-refractivity contribution in [2.45, 2.75) is 50.7 Å². The average molecular weight is 413 g/mol. The first kappa shape index (κ1) is 19.2. The molecule has 3 aliphatic rings. The van der Waals surface area contributed by atoms with E-state index in [1.165, 1.54) is 12.1 Å². The Labute approximate surface area is 172 Å². The lowest BCUT2D eigenvalue weighted by atomic mass is 9.38. The zero-order valence-corrected chi connectivity index (χ0v) is 16.6. The molecule has 4 nitrogen and oxygen atoms in total. The van der Waals surface area contributed by atoms with Crippen LogP contribution in [0.3, 0.4) is 0 Å². The highest BCUT2D eigenvalue weighted by Crippen LogP contribution is 2.68. The molecule has 1 amide bonds. The van der Waals surface area contributed by atoms with Crippen molar-refractivity contribution in [3.63, 3.8) is 0 Å². The lowest BCUT2D eigenvalue weighted by Gasteiger charge is -2.70. The number of hydrogen-bond donors (Lipinski definition) is 1. The van der Waals surface area contributed by atoms with Crippen LogP contribution in [0.15, 0.2) is 48.8 Å². The summed E-state index contributed by atoms with van der Waals surface area (Å²) in [6, 6.07) is 8.85. The van der Waals surface area contributed by atoms with Gasteiger partial charge < -0.3 is 5.32 Å². The van der Waals surface area contributed by atoms with E-state index in [2.05, 4.69) is 17.3 Å². The van der Waals surface area contributed by atoms with Gasteiger partial charge in [-0.15, -0.1) is 0 Å². The molecule has 1 aromatic carbocycles. The molecule has 30 heavy (non-hydrogen) atoms. The van der Waals surface area contributed by atoms with Gasteiger partial charge in [0, 0.05) is 11.7 Å². The fourth-order valence-corrected chi connectivity index (χ4v) is 5.27. The minimum atomic E-state index is -4.35. The molecule has 1 N–H and O–H groups in total. The first-order valence-electron chi connectivity index (χ1n) is 10.2. The van der Waals surface area contributed by atoms with Crippen LogP contribution in [-0.2, 0) is 12.6 Å². The molecular weight excluding hydrogens is 391 g/mol. The number of hydrogen-bond acceptors (Lipinski definition) is 2. The lowest BCUT2D eigenvalue weighted by molar-refractivity contribution is -0.149. The Kier molecular flexibility index (Phi) is 4.04. The van der Waals surface area contributed by atoms with Gasteiger partial charge in [0.05, 0.1) is 22.8 Å². The number of alkyl halides is 3. The molecule has 0 saturated heterocycles. The van der Waals surface area contributed by atoms with Gasteiger partial charge in [0.15, 0.2) is 0 Å². The van der Waals surface area contributed by atoms with Gasteiger partial charge in [0.2, 0.25) is 0 Å². The predicted octanol–water partition coefficient (Wildman–Crippen LogP) is 5.01. The Morgan fingerprint density at radius 3 is 2.50 bits per heavy atom. The van der Waals surface area contributed by atoms with E-state index in [-0.39, 0.29) is 11.4 Å². The topological polar surface area (TPSA) is 46.4 Å². The van der Waals surface area contributed by atoms with E-state index in [0.29, 0.717) is 22.9 Å². The first-order chi connectivity index (χ1) is 14.2. The van der Waals surface area contributed by atoms with Crippen molar-refractivity contribution in [1.82, 2.24) is 14.9 Å². The van der Waals surface area contributed by atoms with E-state index in [4.69, 9.17) is 0 Å². The number of halogens is 3. The number of nitrogens with zero attached hydrogens (tertiary/aromatic N) is 2. The van der Waals surface area contributed by atoms with E-state index in [0.717, 1.165) is 48.9 Å². The van der Waals surface area contributed by atoms with Crippen molar-refractivity contribution < 1.29 is 18.0 Å². The van der Waals surface area contributed by atoms with Crippen LogP contribution in [0.25, 0.3) is 5.52 Å². The quantitative estimate of drug-likeness (QED) is 0.639. The fraction of sp³-hybridized carbons (Fsp3) is 0.391. The predicted molar refractivity (Wildman–Crippen MR) is 106 cm³/mol. The molecule has 7 heteroatoms. The van der Waals surface area contributed by atoms with E-state index >= 15 is 0 Å². The number of nitrogens with one attached hydrogen (secondary N) is 1. The molecule has 0 aliphatic heterocycles. The Morgan fingerprint density at radius 2 is 1.87 bits per heavy atom. The minimum absolute atomic E-state index is 0.0658. The monoisotopic (exact) mass is 413 g/mol. The molecule has 2 heterocycles. The zero-order chi connectivity index (χ0) is 21.1. The molecule has 0 atom stereocenters. The highest BCUT2D eigenvalue weighted by molar-refractivity contribution is 6.02. The lowest BCUT2D eigenvalue weighted by Crippen LogP contribution is -2.74. The number of fused-ring (bicyclic) bond motifs is 1. The number of benzene rings is 1. The standard InChI is InChI=1S/C23H22F3N3O/c1-2-21-12-22(13-21,14-21)28-20(30)18-11-27-29-9-3-4-16(19(18)29)10-15-5-7-17(8-6-15)23(24,25)26/h3-9,11H,2,10,12-14H2,1H3,(H,28,30). The number of aromatic nitrogens is 2. The van der Waals surface area contributed by atoms with Crippen LogP contribution in [0.5, 0.6) is 0 Å². The molecule has 0 spiro atoms. The van der Waals surface area contributed by atoms with Gasteiger partial charge >= 0.3 is 6.18 Å². The minimum Gasteiger partial charge on any atom is -0.346 e. The van der Waals surface area contributed by atoms with Crippen molar-refractivity contribution in [3.8, 4) is 0 Å². The molecule has 6 rings (SSSR count). The summed E-state index contributed by atoms with van der Waals surface area (Å²) in [5.41, 5.74) is 2.50. The second-order valence-electron chi connectivity index (χ2n) is 8.87. The molecule has 2 bridgehead atoms. The van der Waals surface area contributed by atoms with Crippen molar-refractivity contribution in [3.05, 3.63) is 71.0 Å². The number of rotatable bonds is 5. The molecule has 3 aliphatic carbocycles. The van der Waals surface area contributed by atoms with E-state index in [1.54, 1.807) is 16.9 Å². The molecule has 0 radical (unpaired) electrons. The Hall–Kier alpha value is -2.83. The normalized spacial score (nSPS) is 24.9. The average Bonchev–Trinajstić information content (AvgIpc) is 3.08. The highest BCUT2D eigenvalue weighted by atomic mass is 19.4. The molecule has 2 aromatic heterocycles. The summed E-state index contributed by atoms with van der Waals surface area (Å²) in [4.78, 5) is 13.0. The number of pyridine rings is 1. The zero-order valence-electron chi connectivity index (χ0n) is 16.6. The van der Waals surface area contributed by atoms with Gasteiger partial charge in [-0.1, -0.05) is 31.5 Å². The molecule has 3 saturated carbocycles. The van der Waals surface area contributed by atoms with E-state index in [1.807, 2.05) is 12.1 Å². The van der Waals surface area contributed by atoms with Crippen LogP contribution >= 0.6 is 0 Å². The molecule has 156 valence electrons. The maximum absolute atomic E-state index is 13.0. The van der Waals surface area contributed by atoms with Crippen molar-refractivity contribution >= 4 is 11.4 Å². The van der Waals surface area contributed by atoms with Crippen LogP contribution in [0.2, 0.25) is 0 Å². The van der Waals surface area contributed by atoms with Gasteiger partial charge in [-0.2, -0.15) is 18.3 Å². The first-order valence-corrected chi connectivity index (χ1v) is 10.2. The van der Waals surface area contributed by atoms with Gasteiger partial charge in [-0.25, -0.2) is 4.52 Å². The Bertz CT molecular complexity index is 1110. The fourth-order valence-electron chi connectivity index (χ4n) is 5.27. The number of amides is 1. The summed E-state index contributed by atoms with van der Waals surface area (Å²) < 4.78 is 40.1. The smallest absolute Gasteiger partial charge is 0.346 e. The molecular formula is C23H22F3N3O. The summed E-state index contributed by atoms with van der Waals surface area (Å²) in [6.07, 6.45) is 3.68. The molecule has 3 fully saturated rings. The van der Waals surface area contributed by atoms with Crippen LogP contribution in [-0.4, -0.2) is 21.1 Å². The maximum Gasteiger partial charge on any atom is 0.416 e. The van der Waals surface area contributed by atoms with Crippen LogP contribution in [0.1, 0.15) is 59.7 Å². The SMILES string of the molecule is CCC12CC(NC(=O)c3cnn4cccc(Cc5ccc(C(F)(F)F)cc5)c34)(C1)C2. The number of carbonyl (C=O) groups is 1. The molecule has 0 unspecified atom stereocenters. The summed E-state index contributed by atoms with van der Waals surface area (Å²) in [7, 11) is 0. The second-order valence-corrected chi connectivity index (χ2v) is 8.87. The summed E-state index contributed by atoms with van der Waals surface area (Å²) in [6.45, 7) is 2.20. The summed E-state index contributed by atoms with van der Waals surface area (Å²) in [5, 5.41) is 7.52. The van der Waals surface area contributed by atoms with E-state index < -0.39 is 11.7 Å². The van der Waals surface area contributed by atoms with Gasteiger partial charge in [0.25, 0.3) is 5.91 Å². The molecule has 3 aromatic rings. The largest absolute Gasteiger partial charge is 0.416 e.